The predicted molar refractivity (Wildman–Crippen MR) is 123 cm³/mol. The average Bonchev–Trinajstić information content (AvgIpc) is 3.56. The molecule has 1 saturated carbocycles. The summed E-state index contributed by atoms with van der Waals surface area (Å²) < 4.78 is 26.9. The van der Waals surface area contributed by atoms with Gasteiger partial charge in [-0.1, -0.05) is 0 Å². The second-order valence-corrected chi connectivity index (χ2v) is 9.72. The molecular formula is C23H25N3O4S. The number of anilines is 2. The van der Waals surface area contributed by atoms with Gasteiger partial charge in [0.2, 0.25) is 10.0 Å². The van der Waals surface area contributed by atoms with Gasteiger partial charge in [0.05, 0.1) is 11.8 Å². The zero-order valence-corrected chi connectivity index (χ0v) is 18.6. The first kappa shape index (κ1) is 21.1. The van der Waals surface area contributed by atoms with Crippen LogP contribution in [-0.2, 0) is 16.6 Å². The number of pyridine rings is 1. The van der Waals surface area contributed by atoms with E-state index >= 15 is 0 Å². The van der Waals surface area contributed by atoms with Gasteiger partial charge in [-0.2, -0.15) is 0 Å². The Balaban J connectivity index is 1.68. The van der Waals surface area contributed by atoms with Crippen LogP contribution in [-0.4, -0.2) is 32.2 Å². The maximum atomic E-state index is 13.0. The lowest BCUT2D eigenvalue weighted by atomic mass is 10.0. The third kappa shape index (κ3) is 4.34. The van der Waals surface area contributed by atoms with Crippen LogP contribution in [0.1, 0.15) is 41.6 Å². The molecule has 0 saturated heterocycles. The Bertz CT molecular complexity index is 1320. The number of amides is 1. The van der Waals surface area contributed by atoms with Gasteiger partial charge in [0.25, 0.3) is 11.5 Å². The first-order chi connectivity index (χ1) is 14.7. The van der Waals surface area contributed by atoms with Crippen LogP contribution in [0.25, 0.3) is 10.9 Å². The molecule has 0 aliphatic heterocycles. The molecular weight excluding hydrogens is 414 g/mol. The number of aryl methyl sites for hydroxylation is 1. The maximum Gasteiger partial charge on any atom is 0.258 e. The number of aromatic nitrogens is 1. The van der Waals surface area contributed by atoms with Crippen LogP contribution < -0.4 is 15.2 Å². The fourth-order valence-corrected chi connectivity index (χ4v) is 4.44. The van der Waals surface area contributed by atoms with Crippen molar-refractivity contribution in [1.29, 1.82) is 0 Å². The van der Waals surface area contributed by atoms with Crippen LogP contribution in [0.5, 0.6) is 0 Å². The van der Waals surface area contributed by atoms with E-state index < -0.39 is 10.0 Å². The smallest absolute Gasteiger partial charge is 0.258 e. The average molecular weight is 440 g/mol. The molecule has 31 heavy (non-hydrogen) atoms. The van der Waals surface area contributed by atoms with Gasteiger partial charge in [0.1, 0.15) is 0 Å². The first-order valence-electron chi connectivity index (χ1n) is 10.2. The maximum absolute atomic E-state index is 13.0. The SMILES string of the molecule is CCn1c(=O)cc(C2CC2)c2cc(N(C)C(=O)c3ccc(NS(C)(=O)=O)cc3)ccc21. The molecule has 0 radical (unpaired) electrons. The minimum Gasteiger partial charge on any atom is -0.311 e. The lowest BCUT2D eigenvalue weighted by Gasteiger charge is -2.20. The van der Waals surface area contributed by atoms with Crippen LogP contribution >= 0.6 is 0 Å². The third-order valence-electron chi connectivity index (χ3n) is 5.59. The van der Waals surface area contributed by atoms with E-state index in [0.717, 1.165) is 41.3 Å². The van der Waals surface area contributed by atoms with Gasteiger partial charge in [-0.05, 0) is 73.7 Å². The lowest BCUT2D eigenvalue weighted by Crippen LogP contribution is -2.26. The number of rotatable bonds is 6. The number of hydrogen-bond acceptors (Lipinski definition) is 4. The molecule has 1 aliphatic carbocycles. The summed E-state index contributed by atoms with van der Waals surface area (Å²) in [6.45, 7) is 2.53. The van der Waals surface area contributed by atoms with Crippen molar-refractivity contribution in [3.63, 3.8) is 0 Å². The number of sulfonamides is 1. The number of carbonyl (C=O) groups excluding carboxylic acids is 1. The monoisotopic (exact) mass is 439 g/mol. The number of carbonyl (C=O) groups is 1. The van der Waals surface area contributed by atoms with Gasteiger partial charge >= 0.3 is 0 Å². The molecule has 8 heteroatoms. The number of hydrogen-bond donors (Lipinski definition) is 1. The standard InChI is InChI=1S/C23H25N3O4S/c1-4-26-21-12-11-18(13-20(21)19(14-22(26)27)15-5-6-15)25(2)23(28)16-7-9-17(10-8-16)24-31(3,29)30/h7-15,24H,4-6H2,1-3H3. The number of nitrogens with zero attached hydrogens (tertiary/aromatic N) is 2. The molecule has 1 fully saturated rings. The van der Waals surface area contributed by atoms with Crippen molar-refractivity contribution in [3.8, 4) is 0 Å². The zero-order valence-electron chi connectivity index (χ0n) is 17.8. The minimum atomic E-state index is -3.37. The zero-order chi connectivity index (χ0) is 22.3. The van der Waals surface area contributed by atoms with Crippen LogP contribution in [0.2, 0.25) is 0 Å². The molecule has 162 valence electrons. The summed E-state index contributed by atoms with van der Waals surface area (Å²) in [5.74, 6) is 0.204. The molecule has 1 amide bonds. The molecule has 0 bridgehead atoms. The van der Waals surface area contributed by atoms with E-state index in [0.29, 0.717) is 23.7 Å². The third-order valence-corrected chi connectivity index (χ3v) is 6.19. The molecule has 4 rings (SSSR count). The Hall–Kier alpha value is -3.13. The highest BCUT2D eigenvalue weighted by atomic mass is 32.2. The van der Waals surface area contributed by atoms with E-state index in [1.54, 1.807) is 46.8 Å². The summed E-state index contributed by atoms with van der Waals surface area (Å²) in [6.07, 6.45) is 3.24. The molecule has 1 N–H and O–H groups in total. The summed E-state index contributed by atoms with van der Waals surface area (Å²) in [5.41, 5.74) is 3.54. The van der Waals surface area contributed by atoms with Gasteiger partial charge in [0, 0.05) is 42.0 Å². The second kappa shape index (κ2) is 7.85. The van der Waals surface area contributed by atoms with Crippen LogP contribution in [0.4, 0.5) is 11.4 Å². The Labute approximate surface area is 181 Å². The summed E-state index contributed by atoms with van der Waals surface area (Å²) in [6, 6.07) is 13.8. The van der Waals surface area contributed by atoms with Crippen molar-refractivity contribution in [2.24, 2.45) is 0 Å². The fraction of sp³-hybridized carbons (Fsp3) is 0.304. The van der Waals surface area contributed by atoms with Crippen molar-refractivity contribution < 1.29 is 13.2 Å². The summed E-state index contributed by atoms with van der Waals surface area (Å²) >= 11 is 0. The Morgan fingerprint density at radius 1 is 1.13 bits per heavy atom. The minimum absolute atomic E-state index is 0.0110. The van der Waals surface area contributed by atoms with Gasteiger partial charge in [-0.3, -0.25) is 14.3 Å². The summed E-state index contributed by atoms with van der Waals surface area (Å²) in [4.78, 5) is 27.1. The Kier molecular flexibility index (Phi) is 5.35. The molecule has 1 aromatic heterocycles. The molecule has 0 atom stereocenters. The topological polar surface area (TPSA) is 88.5 Å². The highest BCUT2D eigenvalue weighted by Gasteiger charge is 2.27. The first-order valence-corrected chi connectivity index (χ1v) is 12.1. The fourth-order valence-electron chi connectivity index (χ4n) is 3.87. The second-order valence-electron chi connectivity index (χ2n) is 7.97. The van der Waals surface area contributed by atoms with Gasteiger partial charge in [-0.25, -0.2) is 8.42 Å². The van der Waals surface area contributed by atoms with Crippen LogP contribution in [0, 0.1) is 0 Å². The molecule has 1 aliphatic rings. The number of nitrogens with one attached hydrogen (secondary N) is 1. The molecule has 3 aromatic rings. The van der Waals surface area contributed by atoms with E-state index in [1.165, 1.54) is 0 Å². The number of benzene rings is 2. The lowest BCUT2D eigenvalue weighted by molar-refractivity contribution is 0.0993. The summed E-state index contributed by atoms with van der Waals surface area (Å²) in [7, 11) is -1.67. The van der Waals surface area contributed by atoms with Crippen LogP contribution in [0.3, 0.4) is 0 Å². The highest BCUT2D eigenvalue weighted by Crippen LogP contribution is 2.43. The van der Waals surface area contributed by atoms with E-state index in [1.807, 2.05) is 25.1 Å². The van der Waals surface area contributed by atoms with E-state index in [9.17, 15) is 18.0 Å². The van der Waals surface area contributed by atoms with Crippen molar-refractivity contribution in [1.82, 2.24) is 4.57 Å². The predicted octanol–water partition coefficient (Wildman–Crippen LogP) is 3.55. The van der Waals surface area contributed by atoms with Crippen LogP contribution in [0.15, 0.2) is 53.3 Å². The van der Waals surface area contributed by atoms with Gasteiger partial charge < -0.3 is 9.47 Å². The molecule has 1 heterocycles. The largest absolute Gasteiger partial charge is 0.311 e. The van der Waals surface area contributed by atoms with Gasteiger partial charge in [0.15, 0.2) is 0 Å². The Morgan fingerprint density at radius 2 is 1.81 bits per heavy atom. The van der Waals surface area contributed by atoms with Gasteiger partial charge in [-0.15, -0.1) is 0 Å². The summed E-state index contributed by atoms with van der Waals surface area (Å²) in [5, 5.41) is 1.01. The van der Waals surface area contributed by atoms with E-state index in [4.69, 9.17) is 0 Å². The highest BCUT2D eigenvalue weighted by molar-refractivity contribution is 7.92. The van der Waals surface area contributed by atoms with Crippen molar-refractivity contribution in [2.45, 2.75) is 32.2 Å². The Morgan fingerprint density at radius 3 is 2.39 bits per heavy atom. The normalized spacial score (nSPS) is 13.9. The van der Waals surface area contributed by atoms with Crippen molar-refractivity contribution in [3.05, 3.63) is 70.0 Å². The molecule has 0 unspecified atom stereocenters. The molecule has 0 spiro atoms. The van der Waals surface area contributed by atoms with E-state index in [-0.39, 0.29) is 11.5 Å². The molecule has 7 nitrogen and oxygen atoms in total. The van der Waals surface area contributed by atoms with E-state index in [2.05, 4.69) is 4.72 Å². The number of fused-ring (bicyclic) bond motifs is 1. The van der Waals surface area contributed by atoms with Crippen molar-refractivity contribution in [2.75, 3.05) is 22.9 Å². The quantitative estimate of drug-likeness (QED) is 0.636. The van der Waals surface area contributed by atoms with Crippen molar-refractivity contribution >= 4 is 38.2 Å². The molecule has 2 aromatic carbocycles.